The Bertz CT molecular complexity index is 5960. The summed E-state index contributed by atoms with van der Waals surface area (Å²) in [4.78, 5) is 0. The molecule has 0 N–H and O–H groups in total. The standard InChI is InChI=1S/C94H66O8/c1-95-79-49-47-57-25-9-17-33-71(57)81(79)83-73-35-19-11-27-59(73)51-65(89(83)97-3)41-43-67-53-61-29-13-21-37-75(61)85(91(67)99-5)87-77-39-23-15-31-63(77)55-69(93(87)101-7)45-46-70-56-64-32-16-24-40-78(64)88(94(70)102-8)86-76-38-22-14-30-62(76)54-68(92(86)100-6)44-42-66-52-60-28-12-20-36-74(60)84(90(66)98-4)82-72-34-18-10-26-58(72)48-50-80(82)96-2/h9-40,47-56H,1-8H3. The van der Waals surface area contributed by atoms with Gasteiger partial charge in [-0.3, -0.25) is 0 Å². The van der Waals surface area contributed by atoms with Crippen molar-refractivity contribution in [3.05, 3.63) is 288 Å². The highest BCUT2D eigenvalue weighted by molar-refractivity contribution is 6.16. The first-order chi connectivity index (χ1) is 50.3. The lowest BCUT2D eigenvalue weighted by atomic mass is 9.88. The van der Waals surface area contributed by atoms with E-state index in [-0.39, 0.29) is 0 Å². The summed E-state index contributed by atoms with van der Waals surface area (Å²) in [5.41, 5.74) is 10.9. The summed E-state index contributed by atoms with van der Waals surface area (Å²) in [6.45, 7) is 0. The van der Waals surface area contributed by atoms with E-state index in [0.717, 1.165) is 142 Å². The minimum absolute atomic E-state index is 0.560. The van der Waals surface area contributed by atoms with Crippen LogP contribution in [0, 0.1) is 35.5 Å². The Balaban J connectivity index is 0.875. The Labute approximate surface area is 591 Å². The van der Waals surface area contributed by atoms with Crippen LogP contribution < -0.4 is 37.9 Å². The molecule has 0 fully saturated rings. The number of hydrogen-bond acceptors (Lipinski definition) is 8. The summed E-state index contributed by atoms with van der Waals surface area (Å²) in [7, 11) is 13.6. The topological polar surface area (TPSA) is 73.8 Å². The largest absolute Gasteiger partial charge is 0.496 e. The van der Waals surface area contributed by atoms with Crippen LogP contribution in [0.4, 0.5) is 0 Å². The van der Waals surface area contributed by atoms with Crippen LogP contribution in [0.5, 0.6) is 46.0 Å². The van der Waals surface area contributed by atoms with E-state index in [4.69, 9.17) is 37.9 Å². The van der Waals surface area contributed by atoms with Crippen LogP contribution in [-0.2, 0) is 0 Å². The van der Waals surface area contributed by atoms with Gasteiger partial charge < -0.3 is 37.9 Å². The molecule has 8 heteroatoms. The van der Waals surface area contributed by atoms with Crippen LogP contribution in [0.15, 0.2) is 255 Å². The Kier molecular flexibility index (Phi) is 16.7. The third-order valence-corrected chi connectivity index (χ3v) is 19.5. The molecule has 0 bridgehead atoms. The molecule has 0 heterocycles. The van der Waals surface area contributed by atoms with Crippen LogP contribution in [0.25, 0.3) is 131 Å². The highest BCUT2D eigenvalue weighted by Gasteiger charge is 2.28. The number of fused-ring (bicyclic) bond motifs is 8. The second-order valence-electron chi connectivity index (χ2n) is 24.8. The third-order valence-electron chi connectivity index (χ3n) is 19.5. The molecule has 0 saturated heterocycles. The van der Waals surface area contributed by atoms with Gasteiger partial charge >= 0.3 is 0 Å². The zero-order valence-corrected chi connectivity index (χ0v) is 57.5. The van der Waals surface area contributed by atoms with Gasteiger partial charge in [-0.2, -0.15) is 0 Å². The van der Waals surface area contributed by atoms with Crippen LogP contribution in [0.1, 0.15) is 33.4 Å². The Morgan fingerprint density at radius 3 is 0.520 bits per heavy atom. The molecular weight excluding hydrogens is 1260 g/mol. The van der Waals surface area contributed by atoms with Gasteiger partial charge in [-0.05, 0) is 135 Å². The molecule has 0 amide bonds. The molecule has 0 aliphatic heterocycles. The minimum atomic E-state index is 0.560. The SMILES string of the molecule is COc1ccc2ccccc2c1-c1c(OC)c(C#Cc2cc3ccccc3c(-c3c(OC)c(C#Cc4cc5ccccc5c(-c5c(OC)c(C#Cc6cc7ccccc7c(-c7c(OC)ccc8ccccc78)c6OC)cc6ccccc56)c4OC)cc4ccccc34)c2OC)cc2ccccc12. The van der Waals surface area contributed by atoms with E-state index in [2.05, 4.69) is 205 Å². The number of rotatable bonds is 12. The summed E-state index contributed by atoms with van der Waals surface area (Å²) < 4.78 is 51.8. The van der Waals surface area contributed by atoms with Gasteiger partial charge in [0, 0.05) is 44.5 Å². The molecule has 0 aliphatic carbocycles. The summed E-state index contributed by atoms with van der Waals surface area (Å²) in [6.07, 6.45) is 0. The molecule has 16 aromatic rings. The molecule has 0 aliphatic rings. The molecule has 102 heavy (non-hydrogen) atoms. The Morgan fingerprint density at radius 2 is 0.333 bits per heavy atom. The van der Waals surface area contributed by atoms with Crippen molar-refractivity contribution in [3.8, 4) is 126 Å². The van der Waals surface area contributed by atoms with Crippen molar-refractivity contribution < 1.29 is 37.9 Å². The fourth-order valence-electron chi connectivity index (χ4n) is 15.1. The van der Waals surface area contributed by atoms with Gasteiger partial charge in [0.1, 0.15) is 46.0 Å². The van der Waals surface area contributed by atoms with Crippen molar-refractivity contribution in [2.45, 2.75) is 0 Å². The number of benzene rings is 16. The van der Waals surface area contributed by atoms with Gasteiger partial charge in [0.15, 0.2) is 0 Å². The van der Waals surface area contributed by atoms with E-state index in [9.17, 15) is 0 Å². The van der Waals surface area contributed by atoms with E-state index >= 15 is 0 Å². The van der Waals surface area contributed by atoms with Gasteiger partial charge in [0.25, 0.3) is 0 Å². The number of ether oxygens (including phenoxy) is 8. The van der Waals surface area contributed by atoms with Crippen LogP contribution in [0.2, 0.25) is 0 Å². The first-order valence-corrected chi connectivity index (χ1v) is 33.6. The van der Waals surface area contributed by atoms with Gasteiger partial charge in [-0.15, -0.1) is 0 Å². The monoisotopic (exact) mass is 1320 g/mol. The predicted octanol–water partition coefficient (Wildman–Crippen LogP) is 21.8. The molecule has 0 spiro atoms. The van der Waals surface area contributed by atoms with Crippen molar-refractivity contribution in [1.29, 1.82) is 0 Å². The summed E-state index contributed by atoms with van der Waals surface area (Å²) >= 11 is 0. The van der Waals surface area contributed by atoms with Gasteiger partial charge in [-0.1, -0.05) is 242 Å². The highest BCUT2D eigenvalue weighted by Crippen LogP contribution is 2.53. The Morgan fingerprint density at radius 1 is 0.167 bits per heavy atom. The number of hydrogen-bond donors (Lipinski definition) is 0. The van der Waals surface area contributed by atoms with Crippen molar-refractivity contribution in [2.24, 2.45) is 0 Å². The molecule has 16 aromatic carbocycles. The smallest absolute Gasteiger partial charge is 0.143 e. The number of methoxy groups -OCH3 is 8. The van der Waals surface area contributed by atoms with Crippen LogP contribution in [-0.4, -0.2) is 56.9 Å². The third kappa shape index (κ3) is 10.7. The van der Waals surface area contributed by atoms with E-state index in [1.54, 1.807) is 56.9 Å². The second kappa shape index (κ2) is 26.8. The summed E-state index contributed by atoms with van der Waals surface area (Å²) in [6, 6.07) is 87.4. The van der Waals surface area contributed by atoms with Crippen molar-refractivity contribution in [2.75, 3.05) is 56.9 Å². The quantitative estimate of drug-likeness (QED) is 0.112. The normalized spacial score (nSPS) is 11.1. The molecule has 0 aromatic heterocycles. The minimum Gasteiger partial charge on any atom is -0.496 e. The van der Waals surface area contributed by atoms with Crippen molar-refractivity contribution in [3.63, 3.8) is 0 Å². The first-order valence-electron chi connectivity index (χ1n) is 33.6. The van der Waals surface area contributed by atoms with E-state index < -0.39 is 0 Å². The average molecular weight is 1320 g/mol. The highest BCUT2D eigenvalue weighted by atomic mass is 16.5. The molecule has 0 radical (unpaired) electrons. The second-order valence-corrected chi connectivity index (χ2v) is 24.8. The van der Waals surface area contributed by atoms with Crippen LogP contribution in [0.3, 0.4) is 0 Å². The fraction of sp³-hybridized carbons (Fsp3) is 0.0851. The zero-order valence-electron chi connectivity index (χ0n) is 57.5. The molecule has 0 atom stereocenters. The lowest BCUT2D eigenvalue weighted by Gasteiger charge is -2.21. The van der Waals surface area contributed by atoms with Gasteiger partial charge in [0.05, 0.1) is 90.3 Å². The Hall–Kier alpha value is -13.3. The van der Waals surface area contributed by atoms with E-state index in [0.29, 0.717) is 67.9 Å². The maximum atomic E-state index is 6.68. The van der Waals surface area contributed by atoms with Crippen molar-refractivity contribution >= 4 is 86.2 Å². The summed E-state index contributed by atoms with van der Waals surface area (Å²) in [5, 5.41) is 15.8. The van der Waals surface area contributed by atoms with E-state index in [1.807, 2.05) is 84.9 Å². The van der Waals surface area contributed by atoms with Crippen molar-refractivity contribution in [1.82, 2.24) is 0 Å². The molecule has 8 nitrogen and oxygen atoms in total. The predicted molar refractivity (Wildman–Crippen MR) is 418 cm³/mol. The zero-order chi connectivity index (χ0) is 69.5. The average Bonchev–Trinajstić information content (AvgIpc) is 0.763. The van der Waals surface area contributed by atoms with Crippen LogP contribution >= 0.6 is 0 Å². The lowest BCUT2D eigenvalue weighted by Crippen LogP contribution is -2.00. The first kappa shape index (κ1) is 63.4. The molecule has 16 rings (SSSR count). The maximum absolute atomic E-state index is 6.68. The van der Waals surface area contributed by atoms with Gasteiger partial charge in [-0.25, -0.2) is 0 Å². The van der Waals surface area contributed by atoms with Gasteiger partial charge in [0.2, 0.25) is 0 Å². The lowest BCUT2D eigenvalue weighted by molar-refractivity contribution is 0.409. The molecular formula is C94H66O8. The fourth-order valence-corrected chi connectivity index (χ4v) is 15.1. The molecule has 490 valence electrons. The van der Waals surface area contributed by atoms with E-state index in [1.165, 1.54) is 0 Å². The molecule has 0 saturated carbocycles. The molecule has 0 unspecified atom stereocenters. The summed E-state index contributed by atoms with van der Waals surface area (Å²) in [5.74, 6) is 26.8. The maximum Gasteiger partial charge on any atom is 0.143 e.